The number of hydrogen-bond acceptors (Lipinski definition) is 3. The van der Waals surface area contributed by atoms with E-state index in [1.165, 1.54) is 0 Å². The molecule has 0 aromatic rings. The van der Waals surface area contributed by atoms with E-state index in [1.54, 1.807) is 4.90 Å². The fraction of sp³-hybridized carbons (Fsp3) is 0.833. The minimum atomic E-state index is -1.16. The molecular weight excluding hydrogens is 236 g/mol. The van der Waals surface area contributed by atoms with Crippen molar-refractivity contribution in [2.24, 2.45) is 0 Å². The van der Waals surface area contributed by atoms with Crippen molar-refractivity contribution >= 4 is 12.0 Å². The predicted octanol–water partition coefficient (Wildman–Crippen LogP) is 0.814. The van der Waals surface area contributed by atoms with Crippen molar-refractivity contribution in [3.63, 3.8) is 0 Å². The molecule has 0 radical (unpaired) electrons. The van der Waals surface area contributed by atoms with E-state index in [0.29, 0.717) is 32.6 Å². The van der Waals surface area contributed by atoms with Gasteiger partial charge in [-0.3, -0.25) is 0 Å². The molecule has 1 atom stereocenters. The lowest BCUT2D eigenvalue weighted by Gasteiger charge is -2.36. The molecule has 2 aliphatic heterocycles. The van der Waals surface area contributed by atoms with E-state index in [9.17, 15) is 14.7 Å². The zero-order chi connectivity index (χ0) is 13.2. The highest BCUT2D eigenvalue weighted by molar-refractivity contribution is 5.86. The highest BCUT2D eigenvalue weighted by Gasteiger charge is 2.43. The lowest BCUT2D eigenvalue weighted by Crippen LogP contribution is -2.60. The summed E-state index contributed by atoms with van der Waals surface area (Å²) >= 11 is 0. The van der Waals surface area contributed by atoms with Crippen LogP contribution in [0, 0.1) is 0 Å². The summed E-state index contributed by atoms with van der Waals surface area (Å²) in [6.07, 6.45) is 2.63. The molecule has 2 heterocycles. The number of carboxylic acids is 1. The maximum atomic E-state index is 12.1. The standard InChI is InChI=1S/C12H20N2O4/c1-9-3-2-6-14(9)11(17)13-12(10(15)16)4-7-18-8-5-12/h9H,2-8H2,1H3,(H,13,17)(H,15,16). The number of carbonyl (C=O) groups is 2. The molecule has 0 bridgehead atoms. The van der Waals surface area contributed by atoms with Crippen LogP contribution in [0.15, 0.2) is 0 Å². The van der Waals surface area contributed by atoms with Crippen molar-refractivity contribution in [3.8, 4) is 0 Å². The highest BCUT2D eigenvalue weighted by Crippen LogP contribution is 2.23. The monoisotopic (exact) mass is 256 g/mol. The third kappa shape index (κ3) is 2.43. The summed E-state index contributed by atoms with van der Waals surface area (Å²) in [5.41, 5.74) is -1.16. The van der Waals surface area contributed by atoms with Gasteiger partial charge in [-0.15, -0.1) is 0 Å². The van der Waals surface area contributed by atoms with Gasteiger partial charge in [0.25, 0.3) is 0 Å². The molecule has 6 heteroatoms. The predicted molar refractivity (Wildman–Crippen MR) is 64.4 cm³/mol. The van der Waals surface area contributed by atoms with E-state index in [4.69, 9.17) is 4.74 Å². The Morgan fingerprint density at radius 2 is 2.06 bits per heavy atom. The van der Waals surface area contributed by atoms with Crippen molar-refractivity contribution in [1.29, 1.82) is 0 Å². The Balaban J connectivity index is 2.04. The first-order chi connectivity index (χ1) is 8.55. The molecule has 2 saturated heterocycles. The quantitative estimate of drug-likeness (QED) is 0.766. The van der Waals surface area contributed by atoms with Gasteiger partial charge >= 0.3 is 12.0 Å². The Hall–Kier alpha value is -1.30. The van der Waals surface area contributed by atoms with Crippen LogP contribution in [-0.2, 0) is 9.53 Å². The number of amides is 2. The first-order valence-electron chi connectivity index (χ1n) is 6.45. The summed E-state index contributed by atoms with van der Waals surface area (Å²) in [5, 5.41) is 12.1. The van der Waals surface area contributed by atoms with Gasteiger partial charge in [0.15, 0.2) is 0 Å². The third-order valence-electron chi connectivity index (χ3n) is 3.92. The molecule has 6 nitrogen and oxygen atoms in total. The van der Waals surface area contributed by atoms with Crippen molar-refractivity contribution in [1.82, 2.24) is 10.2 Å². The second-order valence-corrected chi connectivity index (χ2v) is 5.11. The van der Waals surface area contributed by atoms with E-state index < -0.39 is 11.5 Å². The van der Waals surface area contributed by atoms with Crippen LogP contribution in [-0.4, -0.2) is 53.3 Å². The summed E-state index contributed by atoms with van der Waals surface area (Å²) in [4.78, 5) is 25.3. The van der Waals surface area contributed by atoms with Gasteiger partial charge in [-0.25, -0.2) is 9.59 Å². The zero-order valence-electron chi connectivity index (χ0n) is 10.6. The van der Waals surface area contributed by atoms with E-state index in [1.807, 2.05) is 6.92 Å². The van der Waals surface area contributed by atoms with E-state index in [2.05, 4.69) is 5.32 Å². The molecule has 18 heavy (non-hydrogen) atoms. The van der Waals surface area contributed by atoms with Crippen molar-refractivity contribution in [2.75, 3.05) is 19.8 Å². The number of ether oxygens (including phenoxy) is 1. The zero-order valence-corrected chi connectivity index (χ0v) is 10.6. The number of urea groups is 1. The van der Waals surface area contributed by atoms with Crippen LogP contribution in [0.2, 0.25) is 0 Å². The number of nitrogens with one attached hydrogen (secondary N) is 1. The van der Waals surface area contributed by atoms with Gasteiger partial charge in [-0.1, -0.05) is 0 Å². The maximum Gasteiger partial charge on any atom is 0.329 e. The van der Waals surface area contributed by atoms with E-state index >= 15 is 0 Å². The second-order valence-electron chi connectivity index (χ2n) is 5.11. The lowest BCUT2D eigenvalue weighted by molar-refractivity contribution is -0.148. The number of likely N-dealkylation sites (tertiary alicyclic amines) is 1. The summed E-state index contributed by atoms with van der Waals surface area (Å²) in [6, 6.07) is -0.0695. The molecule has 0 saturated carbocycles. The van der Waals surface area contributed by atoms with Gasteiger partial charge in [0.2, 0.25) is 0 Å². The number of nitrogens with zero attached hydrogens (tertiary/aromatic N) is 1. The Bertz CT molecular complexity index is 339. The largest absolute Gasteiger partial charge is 0.480 e. The Kier molecular flexibility index (Phi) is 3.75. The molecular formula is C12H20N2O4. The SMILES string of the molecule is CC1CCCN1C(=O)NC1(C(=O)O)CCOCC1. The molecule has 2 fully saturated rings. The Morgan fingerprint density at radius 1 is 1.39 bits per heavy atom. The highest BCUT2D eigenvalue weighted by atomic mass is 16.5. The number of aliphatic carboxylic acids is 1. The Morgan fingerprint density at radius 3 is 2.56 bits per heavy atom. The van der Waals surface area contributed by atoms with Gasteiger partial charge in [0.1, 0.15) is 5.54 Å². The van der Waals surface area contributed by atoms with Crippen LogP contribution in [0.4, 0.5) is 4.79 Å². The molecule has 0 aliphatic carbocycles. The number of carboxylic acid groups (broad SMARTS) is 1. The smallest absolute Gasteiger partial charge is 0.329 e. The minimum Gasteiger partial charge on any atom is -0.480 e. The van der Waals surface area contributed by atoms with Crippen molar-refractivity contribution < 1.29 is 19.4 Å². The van der Waals surface area contributed by atoms with Gasteiger partial charge in [-0.2, -0.15) is 0 Å². The number of hydrogen-bond donors (Lipinski definition) is 2. The Labute approximate surface area is 106 Å². The third-order valence-corrected chi connectivity index (χ3v) is 3.92. The molecule has 0 spiro atoms. The van der Waals surface area contributed by atoms with Crippen LogP contribution >= 0.6 is 0 Å². The average Bonchev–Trinajstić information content (AvgIpc) is 2.76. The normalized spacial score (nSPS) is 26.9. The molecule has 2 rings (SSSR count). The summed E-state index contributed by atoms with van der Waals surface area (Å²) in [6.45, 7) is 3.45. The maximum absolute atomic E-state index is 12.1. The summed E-state index contributed by atoms with van der Waals surface area (Å²) < 4.78 is 5.17. The first kappa shape index (κ1) is 13.1. The molecule has 2 N–H and O–H groups in total. The first-order valence-corrected chi connectivity index (χ1v) is 6.45. The van der Waals surface area contributed by atoms with Gasteiger partial charge in [0, 0.05) is 38.6 Å². The fourth-order valence-corrected chi connectivity index (χ4v) is 2.62. The molecule has 2 amide bonds. The van der Waals surface area contributed by atoms with Gasteiger partial charge in [0.05, 0.1) is 0 Å². The molecule has 0 aromatic carbocycles. The summed E-state index contributed by atoms with van der Waals surface area (Å²) in [5.74, 6) is -0.967. The van der Waals surface area contributed by atoms with Crippen LogP contribution in [0.3, 0.4) is 0 Å². The fourth-order valence-electron chi connectivity index (χ4n) is 2.62. The molecule has 2 aliphatic rings. The van der Waals surface area contributed by atoms with Gasteiger partial charge < -0.3 is 20.1 Å². The minimum absolute atomic E-state index is 0.190. The van der Waals surface area contributed by atoms with Crippen molar-refractivity contribution in [3.05, 3.63) is 0 Å². The van der Waals surface area contributed by atoms with E-state index in [-0.39, 0.29) is 12.1 Å². The van der Waals surface area contributed by atoms with Gasteiger partial charge in [-0.05, 0) is 19.8 Å². The van der Waals surface area contributed by atoms with Crippen LogP contribution in [0.25, 0.3) is 0 Å². The number of rotatable bonds is 2. The molecule has 102 valence electrons. The van der Waals surface area contributed by atoms with E-state index in [0.717, 1.165) is 12.8 Å². The van der Waals surface area contributed by atoms with Crippen LogP contribution < -0.4 is 5.32 Å². The van der Waals surface area contributed by atoms with Crippen LogP contribution in [0.5, 0.6) is 0 Å². The van der Waals surface area contributed by atoms with Crippen LogP contribution in [0.1, 0.15) is 32.6 Å². The average molecular weight is 256 g/mol. The second kappa shape index (κ2) is 5.14. The lowest BCUT2D eigenvalue weighted by atomic mass is 9.90. The number of carbonyl (C=O) groups excluding carboxylic acids is 1. The molecule has 0 aromatic heterocycles. The summed E-state index contributed by atoms with van der Waals surface area (Å²) in [7, 11) is 0. The van der Waals surface area contributed by atoms with Crippen molar-refractivity contribution in [2.45, 2.75) is 44.2 Å². The topological polar surface area (TPSA) is 78.9 Å². The molecule has 1 unspecified atom stereocenters.